The molecule has 1 aliphatic heterocycles. The van der Waals surface area contributed by atoms with Crippen LogP contribution in [0.15, 0.2) is 42.5 Å². The van der Waals surface area contributed by atoms with Gasteiger partial charge in [0.2, 0.25) is 11.8 Å². The molecule has 0 saturated carbocycles. The molecule has 1 heterocycles. The molecule has 1 atom stereocenters. The first kappa shape index (κ1) is 16.5. The predicted molar refractivity (Wildman–Crippen MR) is 94.6 cm³/mol. The number of nitrogens with one attached hydrogen (secondary N) is 1. The average Bonchev–Trinajstić information content (AvgIpc) is 2.92. The van der Waals surface area contributed by atoms with Crippen molar-refractivity contribution in [2.45, 2.75) is 19.2 Å². The molecule has 4 nitrogen and oxygen atoms in total. The lowest BCUT2D eigenvalue weighted by atomic mass is 10.1. The Morgan fingerprint density at radius 3 is 2.62 bits per heavy atom. The Kier molecular flexibility index (Phi) is 4.57. The number of amides is 2. The van der Waals surface area contributed by atoms with Gasteiger partial charge in [0, 0.05) is 18.2 Å². The van der Waals surface area contributed by atoms with Crippen molar-refractivity contribution in [2.24, 2.45) is 0 Å². The van der Waals surface area contributed by atoms with Crippen LogP contribution < -0.4 is 10.2 Å². The Morgan fingerprint density at radius 1 is 1.25 bits per heavy atom. The molecule has 0 spiro atoms. The van der Waals surface area contributed by atoms with E-state index in [-0.39, 0.29) is 23.0 Å². The maximum absolute atomic E-state index is 13.9. The number of halogens is 1. The molecule has 1 fully saturated rings. The van der Waals surface area contributed by atoms with Crippen LogP contribution in [0.4, 0.5) is 15.8 Å². The molecule has 1 aliphatic rings. The summed E-state index contributed by atoms with van der Waals surface area (Å²) < 4.78 is 13.9. The van der Waals surface area contributed by atoms with E-state index in [1.807, 2.05) is 12.1 Å². The molecule has 0 radical (unpaired) electrons. The number of hydrogen-bond donors (Lipinski definition) is 1. The summed E-state index contributed by atoms with van der Waals surface area (Å²) >= 11 is 1.51. The first-order valence-corrected chi connectivity index (χ1v) is 8.58. The van der Waals surface area contributed by atoms with E-state index in [2.05, 4.69) is 5.32 Å². The number of nitrogens with zero attached hydrogens (tertiary/aromatic N) is 1. The lowest BCUT2D eigenvalue weighted by Crippen LogP contribution is -2.28. The van der Waals surface area contributed by atoms with E-state index in [4.69, 9.17) is 0 Å². The van der Waals surface area contributed by atoms with Crippen molar-refractivity contribution >= 4 is 35.0 Å². The van der Waals surface area contributed by atoms with E-state index in [0.29, 0.717) is 22.7 Å². The van der Waals surface area contributed by atoms with Gasteiger partial charge in [0.25, 0.3) is 0 Å². The fraction of sp³-hybridized carbons (Fsp3) is 0.222. The Balaban J connectivity index is 1.93. The second kappa shape index (κ2) is 6.65. The van der Waals surface area contributed by atoms with E-state index in [1.54, 1.807) is 36.1 Å². The van der Waals surface area contributed by atoms with Crippen LogP contribution in [0.1, 0.15) is 23.4 Å². The highest BCUT2D eigenvalue weighted by molar-refractivity contribution is 8.00. The van der Waals surface area contributed by atoms with Crippen LogP contribution in [0.2, 0.25) is 0 Å². The summed E-state index contributed by atoms with van der Waals surface area (Å²) in [7, 11) is 0. The first-order valence-electron chi connectivity index (χ1n) is 7.53. The quantitative estimate of drug-likeness (QED) is 0.919. The van der Waals surface area contributed by atoms with Gasteiger partial charge >= 0.3 is 0 Å². The number of carbonyl (C=O) groups excluding carboxylic acids is 2. The normalized spacial score (nSPS) is 17.2. The molecule has 2 aromatic carbocycles. The molecule has 1 N–H and O–H groups in total. The maximum atomic E-state index is 13.9. The summed E-state index contributed by atoms with van der Waals surface area (Å²) in [5.41, 5.74) is 2.70. The van der Waals surface area contributed by atoms with Gasteiger partial charge in [0.05, 0.1) is 11.4 Å². The van der Waals surface area contributed by atoms with E-state index in [1.165, 1.54) is 24.8 Å². The maximum Gasteiger partial charge on any atom is 0.238 e. The Labute approximate surface area is 144 Å². The van der Waals surface area contributed by atoms with Crippen LogP contribution in [-0.4, -0.2) is 17.6 Å². The van der Waals surface area contributed by atoms with Crippen molar-refractivity contribution in [3.05, 3.63) is 59.4 Å². The molecular formula is C18H17FN2O2S. The summed E-state index contributed by atoms with van der Waals surface area (Å²) in [4.78, 5) is 25.1. The molecule has 0 bridgehead atoms. The van der Waals surface area contributed by atoms with Crippen molar-refractivity contribution in [1.82, 2.24) is 0 Å². The van der Waals surface area contributed by atoms with Crippen molar-refractivity contribution in [3.63, 3.8) is 0 Å². The van der Waals surface area contributed by atoms with Gasteiger partial charge in [-0.1, -0.05) is 18.2 Å². The molecule has 6 heteroatoms. The highest BCUT2D eigenvalue weighted by Gasteiger charge is 2.35. The summed E-state index contributed by atoms with van der Waals surface area (Å²) in [6.07, 6.45) is 0. The molecule has 0 aliphatic carbocycles. The number of rotatable bonds is 3. The third-order valence-electron chi connectivity index (χ3n) is 3.88. The van der Waals surface area contributed by atoms with Crippen molar-refractivity contribution in [3.8, 4) is 0 Å². The molecule has 1 saturated heterocycles. The lowest BCUT2D eigenvalue weighted by Gasteiger charge is -2.26. The van der Waals surface area contributed by atoms with Gasteiger partial charge in [0.1, 0.15) is 11.2 Å². The highest BCUT2D eigenvalue weighted by Crippen LogP contribution is 2.43. The van der Waals surface area contributed by atoms with Crippen molar-refractivity contribution < 1.29 is 14.0 Å². The summed E-state index contributed by atoms with van der Waals surface area (Å²) in [5.74, 6) is -0.139. The number of anilines is 2. The second-order valence-corrected chi connectivity index (χ2v) is 6.68. The first-order chi connectivity index (χ1) is 11.5. The van der Waals surface area contributed by atoms with Gasteiger partial charge in [-0.2, -0.15) is 0 Å². The average molecular weight is 344 g/mol. The van der Waals surface area contributed by atoms with E-state index >= 15 is 0 Å². The molecule has 124 valence electrons. The minimum Gasteiger partial charge on any atom is -0.326 e. The van der Waals surface area contributed by atoms with Gasteiger partial charge in [-0.05, 0) is 36.8 Å². The molecule has 3 rings (SSSR count). The summed E-state index contributed by atoms with van der Waals surface area (Å²) in [6, 6.07) is 12.1. The zero-order valence-corrected chi connectivity index (χ0v) is 14.2. The number of benzene rings is 2. The second-order valence-electron chi connectivity index (χ2n) is 5.61. The minimum atomic E-state index is -0.322. The fourth-order valence-electron chi connectivity index (χ4n) is 2.72. The predicted octanol–water partition coefficient (Wildman–Crippen LogP) is 3.87. The van der Waals surface area contributed by atoms with Gasteiger partial charge < -0.3 is 5.32 Å². The molecule has 0 aromatic heterocycles. The standard InChI is InChI=1S/C18H17FN2O2S/c1-11-15(19)4-3-5-16(11)21-17(23)10-24-18(21)13-6-8-14(9-7-13)20-12(2)22/h3-9,18H,10H2,1-2H3,(H,20,22). The molecule has 1 unspecified atom stereocenters. The van der Waals surface area contributed by atoms with Gasteiger partial charge in [-0.15, -0.1) is 11.8 Å². The molecule has 2 amide bonds. The monoisotopic (exact) mass is 344 g/mol. The van der Waals surface area contributed by atoms with Crippen molar-refractivity contribution in [1.29, 1.82) is 0 Å². The molecular weight excluding hydrogens is 327 g/mol. The zero-order chi connectivity index (χ0) is 17.3. The highest BCUT2D eigenvalue weighted by atomic mass is 32.2. The van der Waals surface area contributed by atoms with Gasteiger partial charge in [-0.3, -0.25) is 14.5 Å². The van der Waals surface area contributed by atoms with Crippen LogP contribution in [0.25, 0.3) is 0 Å². The van der Waals surface area contributed by atoms with Gasteiger partial charge in [0.15, 0.2) is 0 Å². The molecule has 24 heavy (non-hydrogen) atoms. The Hall–Kier alpha value is -2.34. The zero-order valence-electron chi connectivity index (χ0n) is 13.4. The topological polar surface area (TPSA) is 49.4 Å². The van der Waals surface area contributed by atoms with Crippen LogP contribution >= 0.6 is 11.8 Å². The van der Waals surface area contributed by atoms with E-state index in [9.17, 15) is 14.0 Å². The lowest BCUT2D eigenvalue weighted by molar-refractivity contribution is -0.116. The SMILES string of the molecule is CC(=O)Nc1ccc(C2SCC(=O)N2c2cccc(F)c2C)cc1. The smallest absolute Gasteiger partial charge is 0.238 e. The number of hydrogen-bond acceptors (Lipinski definition) is 3. The largest absolute Gasteiger partial charge is 0.326 e. The Morgan fingerprint density at radius 2 is 1.96 bits per heavy atom. The Bertz CT molecular complexity index is 792. The van der Waals surface area contributed by atoms with Crippen LogP contribution in [0, 0.1) is 12.7 Å². The van der Waals surface area contributed by atoms with Crippen LogP contribution in [0.3, 0.4) is 0 Å². The van der Waals surface area contributed by atoms with Crippen LogP contribution in [-0.2, 0) is 9.59 Å². The summed E-state index contributed by atoms with van der Waals surface area (Å²) in [5, 5.41) is 2.51. The summed E-state index contributed by atoms with van der Waals surface area (Å²) in [6.45, 7) is 3.13. The molecule has 2 aromatic rings. The van der Waals surface area contributed by atoms with Gasteiger partial charge in [-0.25, -0.2) is 4.39 Å². The third-order valence-corrected chi connectivity index (χ3v) is 5.10. The van der Waals surface area contributed by atoms with E-state index in [0.717, 1.165) is 5.56 Å². The third kappa shape index (κ3) is 3.14. The number of thioether (sulfide) groups is 1. The van der Waals surface area contributed by atoms with Crippen molar-refractivity contribution in [2.75, 3.05) is 16.0 Å². The van der Waals surface area contributed by atoms with E-state index < -0.39 is 0 Å². The fourth-order valence-corrected chi connectivity index (χ4v) is 3.89. The number of carbonyl (C=O) groups is 2. The minimum absolute atomic E-state index is 0.0374. The van der Waals surface area contributed by atoms with Crippen LogP contribution in [0.5, 0.6) is 0 Å².